The van der Waals surface area contributed by atoms with Crippen LogP contribution in [0.1, 0.15) is 66.2 Å². The van der Waals surface area contributed by atoms with Crippen LogP contribution in [0.5, 0.6) is 0 Å². The molecule has 8 heteroatoms. The number of hydrogen-bond donors (Lipinski definition) is 0. The largest absolute Gasteiger partial charge is 0.342 e. The highest BCUT2D eigenvalue weighted by atomic mass is 32.1. The third-order valence-corrected chi connectivity index (χ3v) is 7.70. The van der Waals surface area contributed by atoms with Gasteiger partial charge >= 0.3 is 0 Å². The van der Waals surface area contributed by atoms with Gasteiger partial charge in [0.05, 0.1) is 11.4 Å². The Morgan fingerprint density at radius 3 is 2.52 bits per heavy atom. The van der Waals surface area contributed by atoms with E-state index in [1.807, 2.05) is 9.80 Å². The quantitative estimate of drug-likeness (QED) is 0.784. The summed E-state index contributed by atoms with van der Waals surface area (Å²) in [5.41, 5.74) is 0.575. The molecule has 0 bridgehead atoms. The van der Waals surface area contributed by atoms with Gasteiger partial charge in [0.2, 0.25) is 5.91 Å². The van der Waals surface area contributed by atoms with Crippen LogP contribution < -0.4 is 0 Å². The minimum absolute atomic E-state index is 0.00745. The summed E-state index contributed by atoms with van der Waals surface area (Å²) < 4.78 is 4.05. The first kappa shape index (κ1) is 17.6. The summed E-state index contributed by atoms with van der Waals surface area (Å²) in [4.78, 5) is 33.1. The van der Waals surface area contributed by atoms with E-state index in [0.29, 0.717) is 18.2 Å². The second-order valence-corrected chi connectivity index (χ2v) is 9.36. The van der Waals surface area contributed by atoms with Crippen molar-refractivity contribution >= 4 is 23.3 Å². The lowest BCUT2D eigenvalue weighted by molar-refractivity contribution is -0.138. The molecule has 1 unspecified atom stereocenters. The van der Waals surface area contributed by atoms with E-state index < -0.39 is 0 Å². The molecule has 1 spiro atoms. The predicted octanol–water partition coefficient (Wildman–Crippen LogP) is 1.72. The Kier molecular flexibility index (Phi) is 4.43. The number of aromatic nitrogens is 2. The van der Waals surface area contributed by atoms with Crippen LogP contribution in [-0.2, 0) is 4.79 Å². The zero-order valence-electron chi connectivity index (χ0n) is 15.7. The van der Waals surface area contributed by atoms with E-state index in [0.717, 1.165) is 82.5 Å². The summed E-state index contributed by atoms with van der Waals surface area (Å²) in [6, 6.07) is 0. The fourth-order valence-corrected chi connectivity index (χ4v) is 5.73. The summed E-state index contributed by atoms with van der Waals surface area (Å²) in [7, 11) is 0. The van der Waals surface area contributed by atoms with Gasteiger partial charge < -0.3 is 9.80 Å². The number of carbonyl (C=O) groups excluding carboxylic acids is 2. The number of amides is 2. The number of hydrogen-bond acceptors (Lipinski definition) is 6. The monoisotopic (exact) mass is 389 g/mol. The minimum Gasteiger partial charge on any atom is -0.342 e. The van der Waals surface area contributed by atoms with Gasteiger partial charge in [0.25, 0.3) is 5.91 Å². The zero-order chi connectivity index (χ0) is 18.4. The zero-order valence-corrected chi connectivity index (χ0v) is 16.5. The lowest BCUT2D eigenvalue weighted by Gasteiger charge is -2.57. The van der Waals surface area contributed by atoms with E-state index in [2.05, 4.69) is 14.5 Å². The Hall–Kier alpha value is -1.54. The smallest absolute Gasteiger partial charge is 0.275 e. The second-order valence-electron chi connectivity index (χ2n) is 8.57. The summed E-state index contributed by atoms with van der Waals surface area (Å²) in [6.45, 7) is 4.80. The maximum atomic E-state index is 13.1. The van der Waals surface area contributed by atoms with Gasteiger partial charge in [-0.1, -0.05) is 4.49 Å². The molecule has 1 atom stereocenters. The average molecular weight is 390 g/mol. The van der Waals surface area contributed by atoms with Crippen LogP contribution in [0, 0.1) is 0 Å². The molecule has 27 heavy (non-hydrogen) atoms. The van der Waals surface area contributed by atoms with Crippen LogP contribution in [0.25, 0.3) is 0 Å². The predicted molar refractivity (Wildman–Crippen MR) is 102 cm³/mol. The highest BCUT2D eigenvalue weighted by Crippen LogP contribution is 2.44. The first-order valence-electron chi connectivity index (χ1n) is 10.3. The number of carbonyl (C=O) groups is 2. The van der Waals surface area contributed by atoms with Crippen LogP contribution in [0.2, 0.25) is 0 Å². The summed E-state index contributed by atoms with van der Waals surface area (Å²) in [6.07, 6.45) is 7.72. The molecule has 4 fully saturated rings. The van der Waals surface area contributed by atoms with Crippen molar-refractivity contribution in [1.82, 2.24) is 24.3 Å². The molecule has 2 amide bonds. The molecule has 0 N–H and O–H groups in total. The molecule has 3 saturated heterocycles. The molecule has 1 aliphatic carbocycles. The Labute approximate surface area is 163 Å². The highest BCUT2D eigenvalue weighted by molar-refractivity contribution is 7.06. The molecule has 3 aliphatic heterocycles. The normalized spacial score (nSPS) is 28.6. The summed E-state index contributed by atoms with van der Waals surface area (Å²) >= 11 is 1.39. The SMILES string of the molecule is O=C(CN1CCC12CCCN(C(=O)c1nnsc1C1CC1)C2)N1CCCC1. The van der Waals surface area contributed by atoms with E-state index in [1.165, 1.54) is 11.5 Å². The summed E-state index contributed by atoms with van der Waals surface area (Å²) in [5, 5.41) is 4.17. The van der Waals surface area contributed by atoms with Crippen molar-refractivity contribution in [3.8, 4) is 0 Å². The Bertz CT molecular complexity index is 742. The first-order chi connectivity index (χ1) is 13.2. The topological polar surface area (TPSA) is 69.6 Å². The molecule has 1 aromatic rings. The van der Waals surface area contributed by atoms with Gasteiger partial charge in [-0.2, -0.15) is 0 Å². The maximum Gasteiger partial charge on any atom is 0.275 e. The number of rotatable bonds is 4. The van der Waals surface area contributed by atoms with Crippen molar-refractivity contribution in [2.24, 2.45) is 0 Å². The molecule has 146 valence electrons. The average Bonchev–Trinajstić information content (AvgIpc) is 3.18. The fourth-order valence-electron chi connectivity index (χ4n) is 4.92. The van der Waals surface area contributed by atoms with Crippen molar-refractivity contribution in [1.29, 1.82) is 0 Å². The molecule has 0 aromatic carbocycles. The van der Waals surface area contributed by atoms with Crippen molar-refractivity contribution in [3.05, 3.63) is 10.6 Å². The molecule has 5 rings (SSSR count). The van der Waals surface area contributed by atoms with Crippen LogP contribution >= 0.6 is 11.5 Å². The van der Waals surface area contributed by atoms with Crippen LogP contribution in [0.3, 0.4) is 0 Å². The molecule has 4 heterocycles. The molecule has 1 aromatic heterocycles. The Morgan fingerprint density at radius 1 is 1.04 bits per heavy atom. The van der Waals surface area contributed by atoms with Crippen LogP contribution in [0.4, 0.5) is 0 Å². The molecule has 4 aliphatic rings. The Balaban J connectivity index is 1.26. The van der Waals surface area contributed by atoms with Gasteiger partial charge in [-0.15, -0.1) is 5.10 Å². The molecule has 1 saturated carbocycles. The molecular formula is C19H27N5O2S. The highest BCUT2D eigenvalue weighted by Gasteiger charge is 2.49. The first-order valence-corrected chi connectivity index (χ1v) is 11.1. The lowest BCUT2D eigenvalue weighted by Crippen LogP contribution is -2.68. The van der Waals surface area contributed by atoms with Crippen molar-refractivity contribution in [3.63, 3.8) is 0 Å². The second kappa shape index (κ2) is 6.81. The van der Waals surface area contributed by atoms with E-state index in [-0.39, 0.29) is 17.4 Å². The van der Waals surface area contributed by atoms with Gasteiger partial charge in [-0.25, -0.2) is 0 Å². The van der Waals surface area contributed by atoms with Gasteiger partial charge in [0, 0.05) is 38.3 Å². The maximum absolute atomic E-state index is 13.1. The lowest BCUT2D eigenvalue weighted by atomic mass is 9.77. The van der Waals surface area contributed by atoms with E-state index in [9.17, 15) is 9.59 Å². The molecule has 0 radical (unpaired) electrons. The van der Waals surface area contributed by atoms with Crippen LogP contribution in [-0.4, -0.2) is 80.9 Å². The third kappa shape index (κ3) is 3.16. The van der Waals surface area contributed by atoms with Gasteiger partial charge in [-0.05, 0) is 62.4 Å². The standard InChI is InChI=1S/C19H27N5O2S/c25-15(22-8-1-2-9-22)12-24-11-7-19(24)6-3-10-23(13-19)18(26)16-17(14-4-5-14)27-21-20-16/h14H,1-13H2. The van der Waals surface area contributed by atoms with E-state index in [1.54, 1.807) is 0 Å². The Morgan fingerprint density at radius 2 is 1.81 bits per heavy atom. The van der Waals surface area contributed by atoms with Gasteiger partial charge in [-0.3, -0.25) is 14.5 Å². The number of likely N-dealkylation sites (tertiary alicyclic amines) is 3. The van der Waals surface area contributed by atoms with E-state index in [4.69, 9.17) is 0 Å². The molecule has 7 nitrogen and oxygen atoms in total. The van der Waals surface area contributed by atoms with Gasteiger partial charge in [0.1, 0.15) is 0 Å². The fraction of sp³-hybridized carbons (Fsp3) is 0.789. The van der Waals surface area contributed by atoms with Crippen molar-refractivity contribution in [2.75, 3.05) is 39.3 Å². The summed E-state index contributed by atoms with van der Waals surface area (Å²) in [5.74, 6) is 0.804. The number of piperidine rings is 1. The van der Waals surface area contributed by atoms with Gasteiger partial charge in [0.15, 0.2) is 5.69 Å². The number of nitrogens with zero attached hydrogens (tertiary/aromatic N) is 5. The van der Waals surface area contributed by atoms with Crippen LogP contribution in [0.15, 0.2) is 0 Å². The van der Waals surface area contributed by atoms with E-state index >= 15 is 0 Å². The third-order valence-electron chi connectivity index (χ3n) is 6.81. The minimum atomic E-state index is -0.00745. The molecular weight excluding hydrogens is 362 g/mol. The van der Waals surface area contributed by atoms with Crippen molar-refractivity contribution < 1.29 is 9.59 Å². The van der Waals surface area contributed by atoms with Crippen molar-refractivity contribution in [2.45, 2.75) is 56.4 Å².